The molecule has 1 unspecified atom stereocenters. The highest BCUT2D eigenvalue weighted by molar-refractivity contribution is 5.47. The van der Waals surface area contributed by atoms with E-state index in [4.69, 9.17) is 4.74 Å². The predicted octanol–water partition coefficient (Wildman–Crippen LogP) is 3.50. The third-order valence-electron chi connectivity index (χ3n) is 3.25. The normalized spacial score (nSPS) is 12.2. The van der Waals surface area contributed by atoms with Crippen molar-refractivity contribution in [3.8, 4) is 0 Å². The van der Waals surface area contributed by atoms with E-state index in [0.717, 1.165) is 22.4 Å². The van der Waals surface area contributed by atoms with E-state index in [9.17, 15) is 5.11 Å². The summed E-state index contributed by atoms with van der Waals surface area (Å²) in [6, 6.07) is 16.4. The van der Waals surface area contributed by atoms with Gasteiger partial charge in [-0.25, -0.2) is 0 Å². The molecule has 0 heterocycles. The third-order valence-corrected chi connectivity index (χ3v) is 3.25. The monoisotopic (exact) mass is 271 g/mol. The SMILES string of the molecule is COCc1cccc(NC(C)c2cccc(CO)c2)c1. The molecule has 2 aromatic carbocycles. The molecule has 0 amide bonds. The Kier molecular flexibility index (Phi) is 5.16. The van der Waals surface area contributed by atoms with Crippen LogP contribution in [0.1, 0.15) is 29.7 Å². The van der Waals surface area contributed by atoms with Gasteiger partial charge in [0.1, 0.15) is 0 Å². The topological polar surface area (TPSA) is 41.5 Å². The van der Waals surface area contributed by atoms with Gasteiger partial charge in [-0.2, -0.15) is 0 Å². The molecule has 0 aliphatic rings. The van der Waals surface area contributed by atoms with Crippen molar-refractivity contribution in [1.82, 2.24) is 0 Å². The van der Waals surface area contributed by atoms with Crippen LogP contribution in [0, 0.1) is 0 Å². The molecule has 2 N–H and O–H groups in total. The quantitative estimate of drug-likeness (QED) is 0.845. The molecule has 0 saturated heterocycles. The Balaban J connectivity index is 2.10. The molecule has 3 heteroatoms. The molecule has 2 aromatic rings. The van der Waals surface area contributed by atoms with Gasteiger partial charge in [-0.3, -0.25) is 0 Å². The molecule has 0 spiro atoms. The Morgan fingerprint density at radius 1 is 1.10 bits per heavy atom. The van der Waals surface area contributed by atoms with Crippen molar-refractivity contribution in [2.45, 2.75) is 26.2 Å². The Hall–Kier alpha value is -1.84. The van der Waals surface area contributed by atoms with Crippen LogP contribution < -0.4 is 5.32 Å². The second-order valence-electron chi connectivity index (χ2n) is 4.90. The maximum atomic E-state index is 9.19. The number of anilines is 1. The number of methoxy groups -OCH3 is 1. The van der Waals surface area contributed by atoms with Crippen molar-refractivity contribution in [1.29, 1.82) is 0 Å². The van der Waals surface area contributed by atoms with E-state index in [1.165, 1.54) is 0 Å². The summed E-state index contributed by atoms with van der Waals surface area (Å²) in [5.74, 6) is 0. The molecule has 3 nitrogen and oxygen atoms in total. The van der Waals surface area contributed by atoms with Gasteiger partial charge in [-0.05, 0) is 35.7 Å². The number of nitrogens with one attached hydrogen (secondary N) is 1. The Morgan fingerprint density at radius 2 is 1.85 bits per heavy atom. The second kappa shape index (κ2) is 7.08. The van der Waals surface area contributed by atoms with Crippen LogP contribution in [-0.2, 0) is 18.0 Å². The highest BCUT2D eigenvalue weighted by Crippen LogP contribution is 2.21. The summed E-state index contributed by atoms with van der Waals surface area (Å²) in [4.78, 5) is 0. The Morgan fingerprint density at radius 3 is 2.60 bits per heavy atom. The summed E-state index contributed by atoms with van der Waals surface area (Å²) in [5, 5.41) is 12.7. The van der Waals surface area contributed by atoms with E-state index in [2.05, 4.69) is 24.4 Å². The molecule has 0 aliphatic carbocycles. The molecular weight excluding hydrogens is 250 g/mol. The summed E-state index contributed by atoms with van der Waals surface area (Å²) in [7, 11) is 1.70. The number of hydrogen-bond acceptors (Lipinski definition) is 3. The minimum atomic E-state index is 0.0733. The van der Waals surface area contributed by atoms with E-state index in [-0.39, 0.29) is 12.6 Å². The molecule has 0 fully saturated rings. The summed E-state index contributed by atoms with van der Waals surface area (Å²) in [5.41, 5.74) is 4.31. The van der Waals surface area contributed by atoms with Crippen LogP contribution in [0.15, 0.2) is 48.5 Å². The van der Waals surface area contributed by atoms with Gasteiger partial charge in [0.05, 0.1) is 13.2 Å². The molecule has 0 aliphatic heterocycles. The maximum absolute atomic E-state index is 9.19. The van der Waals surface area contributed by atoms with Gasteiger partial charge < -0.3 is 15.2 Å². The van der Waals surface area contributed by atoms with Gasteiger partial charge in [0.2, 0.25) is 0 Å². The Bertz CT molecular complexity index is 554. The number of rotatable bonds is 6. The predicted molar refractivity (Wildman–Crippen MR) is 81.6 cm³/mol. The molecule has 0 saturated carbocycles. The average Bonchev–Trinajstić information content (AvgIpc) is 2.48. The first kappa shape index (κ1) is 14.6. The van der Waals surface area contributed by atoms with E-state index < -0.39 is 0 Å². The zero-order chi connectivity index (χ0) is 14.4. The van der Waals surface area contributed by atoms with Gasteiger partial charge in [-0.1, -0.05) is 36.4 Å². The van der Waals surface area contributed by atoms with Gasteiger partial charge >= 0.3 is 0 Å². The lowest BCUT2D eigenvalue weighted by molar-refractivity contribution is 0.185. The van der Waals surface area contributed by atoms with Crippen LogP contribution in [0.3, 0.4) is 0 Å². The van der Waals surface area contributed by atoms with Crippen molar-refractivity contribution >= 4 is 5.69 Å². The summed E-state index contributed by atoms with van der Waals surface area (Å²) < 4.78 is 5.15. The fourth-order valence-corrected chi connectivity index (χ4v) is 2.21. The van der Waals surface area contributed by atoms with Crippen LogP contribution in [-0.4, -0.2) is 12.2 Å². The minimum Gasteiger partial charge on any atom is -0.392 e. The zero-order valence-corrected chi connectivity index (χ0v) is 12.0. The van der Waals surface area contributed by atoms with Crippen LogP contribution in [0.5, 0.6) is 0 Å². The number of aliphatic hydroxyl groups excluding tert-OH is 1. The molecule has 1 atom stereocenters. The fraction of sp³-hybridized carbons (Fsp3) is 0.294. The van der Waals surface area contributed by atoms with Crippen LogP contribution in [0.2, 0.25) is 0 Å². The minimum absolute atomic E-state index is 0.0733. The molecule has 0 bridgehead atoms. The summed E-state index contributed by atoms with van der Waals surface area (Å²) in [6.07, 6.45) is 0. The van der Waals surface area contributed by atoms with Crippen molar-refractivity contribution in [3.63, 3.8) is 0 Å². The first-order chi connectivity index (χ1) is 9.72. The van der Waals surface area contributed by atoms with E-state index in [1.54, 1.807) is 7.11 Å². The van der Waals surface area contributed by atoms with Crippen LogP contribution in [0.4, 0.5) is 5.69 Å². The van der Waals surface area contributed by atoms with Gasteiger partial charge in [-0.15, -0.1) is 0 Å². The Labute approximate surface area is 120 Å². The standard InChI is InChI=1S/C17H21NO2/c1-13(16-7-3-5-14(9-16)11-19)18-17-8-4-6-15(10-17)12-20-2/h3-10,13,18-19H,11-12H2,1-2H3. The average molecular weight is 271 g/mol. The fourth-order valence-electron chi connectivity index (χ4n) is 2.21. The van der Waals surface area contributed by atoms with E-state index in [1.807, 2.05) is 36.4 Å². The number of benzene rings is 2. The molecule has 20 heavy (non-hydrogen) atoms. The summed E-state index contributed by atoms with van der Waals surface area (Å²) in [6.45, 7) is 2.80. The largest absolute Gasteiger partial charge is 0.392 e. The molecule has 2 rings (SSSR count). The van der Waals surface area contributed by atoms with Crippen molar-refractivity contribution < 1.29 is 9.84 Å². The number of ether oxygens (including phenoxy) is 1. The van der Waals surface area contributed by atoms with Crippen LogP contribution in [0.25, 0.3) is 0 Å². The van der Waals surface area contributed by atoms with Crippen LogP contribution >= 0.6 is 0 Å². The lowest BCUT2D eigenvalue weighted by Gasteiger charge is -2.17. The lowest BCUT2D eigenvalue weighted by atomic mass is 10.0. The van der Waals surface area contributed by atoms with E-state index >= 15 is 0 Å². The molecule has 106 valence electrons. The van der Waals surface area contributed by atoms with Crippen molar-refractivity contribution in [2.75, 3.05) is 12.4 Å². The van der Waals surface area contributed by atoms with Crippen molar-refractivity contribution in [2.24, 2.45) is 0 Å². The molecule has 0 radical (unpaired) electrons. The van der Waals surface area contributed by atoms with Crippen molar-refractivity contribution in [3.05, 3.63) is 65.2 Å². The first-order valence-electron chi connectivity index (χ1n) is 6.77. The zero-order valence-electron chi connectivity index (χ0n) is 12.0. The lowest BCUT2D eigenvalue weighted by Crippen LogP contribution is -2.07. The molecular formula is C17H21NO2. The highest BCUT2D eigenvalue weighted by Gasteiger charge is 2.06. The van der Waals surface area contributed by atoms with Gasteiger partial charge in [0.25, 0.3) is 0 Å². The molecule has 0 aromatic heterocycles. The smallest absolute Gasteiger partial charge is 0.0713 e. The first-order valence-corrected chi connectivity index (χ1v) is 6.77. The van der Waals surface area contributed by atoms with Gasteiger partial charge in [0, 0.05) is 18.8 Å². The van der Waals surface area contributed by atoms with E-state index in [0.29, 0.717) is 6.61 Å². The highest BCUT2D eigenvalue weighted by atomic mass is 16.5. The second-order valence-corrected chi connectivity index (χ2v) is 4.90. The number of aliphatic hydroxyl groups is 1. The summed E-state index contributed by atoms with van der Waals surface area (Å²) >= 11 is 0. The number of hydrogen-bond donors (Lipinski definition) is 2. The van der Waals surface area contributed by atoms with Gasteiger partial charge in [0.15, 0.2) is 0 Å². The third kappa shape index (κ3) is 3.83. The maximum Gasteiger partial charge on any atom is 0.0713 e.